The average Bonchev–Trinajstić information content (AvgIpc) is 3.23. The number of benzene rings is 1. The number of rotatable bonds is 3. The highest BCUT2D eigenvalue weighted by Gasteiger charge is 2.40. The molecule has 120 valence electrons. The molecular weight excluding hydrogens is 292 g/mol. The van der Waals surface area contributed by atoms with Crippen LogP contribution in [-0.4, -0.2) is 69.1 Å². The lowest BCUT2D eigenvalue weighted by Crippen LogP contribution is -2.33. The second-order valence-corrected chi connectivity index (χ2v) is 6.64. The molecule has 0 bridgehead atoms. The van der Waals surface area contributed by atoms with Crippen molar-refractivity contribution in [3.63, 3.8) is 0 Å². The van der Waals surface area contributed by atoms with E-state index in [2.05, 4.69) is 27.5 Å². The number of amides is 1. The Labute approximate surface area is 134 Å². The van der Waals surface area contributed by atoms with Gasteiger partial charge in [0.2, 0.25) is 5.91 Å². The Hall–Kier alpha value is -2.28. The van der Waals surface area contributed by atoms with Crippen LogP contribution >= 0.6 is 0 Å². The Kier molecular flexibility index (Phi) is 3.57. The lowest BCUT2D eigenvalue weighted by molar-refractivity contribution is -0.129. The summed E-state index contributed by atoms with van der Waals surface area (Å²) < 4.78 is 1.60. The van der Waals surface area contributed by atoms with Crippen LogP contribution in [0.3, 0.4) is 0 Å². The van der Waals surface area contributed by atoms with Gasteiger partial charge < -0.3 is 9.80 Å². The van der Waals surface area contributed by atoms with Gasteiger partial charge in [-0.3, -0.25) is 4.79 Å². The molecule has 1 aromatic carbocycles. The number of carbonyl (C=O) groups is 1. The molecule has 0 radical (unpaired) electrons. The first kappa shape index (κ1) is 14.3. The van der Waals surface area contributed by atoms with Crippen molar-refractivity contribution in [2.45, 2.75) is 6.42 Å². The molecule has 23 heavy (non-hydrogen) atoms. The number of tetrazole rings is 1. The van der Waals surface area contributed by atoms with Crippen molar-refractivity contribution in [2.24, 2.45) is 11.8 Å². The number of fused-ring (bicyclic) bond motifs is 1. The van der Waals surface area contributed by atoms with Gasteiger partial charge in [0, 0.05) is 26.2 Å². The Morgan fingerprint density at radius 2 is 1.83 bits per heavy atom. The van der Waals surface area contributed by atoms with Crippen molar-refractivity contribution in [1.82, 2.24) is 30.0 Å². The summed E-state index contributed by atoms with van der Waals surface area (Å²) in [6.07, 6.45) is 2.02. The predicted octanol–water partition coefficient (Wildman–Crippen LogP) is 0.225. The van der Waals surface area contributed by atoms with Gasteiger partial charge in [-0.25, -0.2) is 4.68 Å². The lowest BCUT2D eigenvalue weighted by atomic mass is 10.0. The van der Waals surface area contributed by atoms with Crippen LogP contribution in [0.25, 0.3) is 5.69 Å². The number of nitrogens with zero attached hydrogens (tertiary/aromatic N) is 6. The first-order valence-electron chi connectivity index (χ1n) is 7.97. The summed E-state index contributed by atoms with van der Waals surface area (Å²) in [5.74, 6) is 1.55. The highest BCUT2D eigenvalue weighted by atomic mass is 16.2. The Bertz CT molecular complexity index is 669. The molecule has 4 rings (SSSR count). The zero-order valence-corrected chi connectivity index (χ0v) is 13.2. The number of likely N-dealkylation sites (tertiary alicyclic amines) is 2. The number of carbonyl (C=O) groups excluding carboxylic acids is 1. The Morgan fingerprint density at radius 1 is 1.13 bits per heavy atom. The zero-order chi connectivity index (χ0) is 15.8. The van der Waals surface area contributed by atoms with E-state index in [0.717, 1.165) is 37.4 Å². The van der Waals surface area contributed by atoms with Crippen LogP contribution in [-0.2, 0) is 11.2 Å². The highest BCUT2D eigenvalue weighted by molar-refractivity contribution is 5.79. The molecule has 2 atom stereocenters. The van der Waals surface area contributed by atoms with E-state index in [1.54, 1.807) is 11.0 Å². The highest BCUT2D eigenvalue weighted by Crippen LogP contribution is 2.30. The van der Waals surface area contributed by atoms with E-state index < -0.39 is 0 Å². The van der Waals surface area contributed by atoms with Crippen LogP contribution in [0.4, 0.5) is 0 Å². The molecule has 0 spiro atoms. The summed E-state index contributed by atoms with van der Waals surface area (Å²) in [5.41, 5.74) is 1.92. The summed E-state index contributed by atoms with van der Waals surface area (Å²) in [4.78, 5) is 16.9. The van der Waals surface area contributed by atoms with Crippen molar-refractivity contribution < 1.29 is 4.79 Å². The fourth-order valence-corrected chi connectivity index (χ4v) is 3.76. The largest absolute Gasteiger partial charge is 0.342 e. The van der Waals surface area contributed by atoms with Crippen LogP contribution < -0.4 is 0 Å². The van der Waals surface area contributed by atoms with Gasteiger partial charge in [-0.1, -0.05) is 12.1 Å². The van der Waals surface area contributed by atoms with Gasteiger partial charge >= 0.3 is 0 Å². The van der Waals surface area contributed by atoms with Crippen molar-refractivity contribution in [3.8, 4) is 5.69 Å². The molecule has 7 nitrogen and oxygen atoms in total. The summed E-state index contributed by atoms with van der Waals surface area (Å²) in [5, 5.41) is 11.1. The van der Waals surface area contributed by atoms with E-state index >= 15 is 0 Å². The second kappa shape index (κ2) is 5.73. The molecule has 2 aliphatic rings. The Morgan fingerprint density at radius 3 is 2.43 bits per heavy atom. The molecule has 1 aromatic heterocycles. The van der Waals surface area contributed by atoms with E-state index in [0.29, 0.717) is 18.3 Å². The third-order valence-corrected chi connectivity index (χ3v) is 4.93. The number of aromatic nitrogens is 4. The minimum atomic E-state index is 0.234. The number of hydrogen-bond donors (Lipinski definition) is 0. The maximum absolute atomic E-state index is 12.5. The van der Waals surface area contributed by atoms with Crippen LogP contribution in [0.1, 0.15) is 5.56 Å². The maximum atomic E-state index is 12.5. The SMILES string of the molecule is CN1C[C@@H]2CN(C(=O)Cc3ccc(-n4cnnn4)cc3)C[C@@H]2C1. The summed E-state index contributed by atoms with van der Waals surface area (Å²) in [7, 11) is 2.16. The van der Waals surface area contributed by atoms with Gasteiger partial charge in [-0.05, 0) is 47.0 Å². The molecule has 0 aliphatic carbocycles. The van der Waals surface area contributed by atoms with Crippen LogP contribution in [0, 0.1) is 11.8 Å². The molecule has 2 saturated heterocycles. The standard InChI is InChI=1S/C16H20N6O/c1-20-7-13-9-21(10-14(13)8-20)16(23)6-12-2-4-15(5-3-12)22-11-17-18-19-22/h2-5,11,13-14H,6-10H2,1H3/t13-,14+. The molecule has 2 aliphatic heterocycles. The van der Waals surface area contributed by atoms with Crippen molar-refractivity contribution in [2.75, 3.05) is 33.2 Å². The zero-order valence-electron chi connectivity index (χ0n) is 13.2. The second-order valence-electron chi connectivity index (χ2n) is 6.64. The van der Waals surface area contributed by atoms with Gasteiger partial charge in [0.25, 0.3) is 0 Å². The van der Waals surface area contributed by atoms with E-state index in [1.165, 1.54) is 0 Å². The predicted molar refractivity (Wildman–Crippen MR) is 83.9 cm³/mol. The smallest absolute Gasteiger partial charge is 0.227 e. The van der Waals surface area contributed by atoms with E-state index in [1.807, 2.05) is 29.2 Å². The van der Waals surface area contributed by atoms with Gasteiger partial charge in [-0.2, -0.15) is 0 Å². The summed E-state index contributed by atoms with van der Waals surface area (Å²) in [6, 6.07) is 7.82. The monoisotopic (exact) mass is 312 g/mol. The molecule has 0 unspecified atom stereocenters. The maximum Gasteiger partial charge on any atom is 0.227 e. The minimum absolute atomic E-state index is 0.234. The Balaban J connectivity index is 1.38. The molecule has 0 saturated carbocycles. The van der Waals surface area contributed by atoms with Crippen molar-refractivity contribution in [1.29, 1.82) is 0 Å². The third-order valence-electron chi connectivity index (χ3n) is 4.93. The first-order chi connectivity index (χ1) is 11.2. The van der Waals surface area contributed by atoms with Crippen LogP contribution in [0.5, 0.6) is 0 Å². The first-order valence-corrected chi connectivity index (χ1v) is 7.97. The molecule has 3 heterocycles. The third kappa shape index (κ3) is 2.84. The van der Waals surface area contributed by atoms with E-state index in [4.69, 9.17) is 0 Å². The van der Waals surface area contributed by atoms with Gasteiger partial charge in [0.1, 0.15) is 6.33 Å². The summed E-state index contributed by atoms with van der Waals surface area (Å²) in [6.45, 7) is 4.07. The fraction of sp³-hybridized carbons (Fsp3) is 0.500. The van der Waals surface area contributed by atoms with Gasteiger partial charge in [-0.15, -0.1) is 5.10 Å². The normalized spacial score (nSPS) is 24.1. The summed E-state index contributed by atoms with van der Waals surface area (Å²) >= 11 is 0. The van der Waals surface area contributed by atoms with Crippen LogP contribution in [0.2, 0.25) is 0 Å². The van der Waals surface area contributed by atoms with E-state index in [9.17, 15) is 4.79 Å². The minimum Gasteiger partial charge on any atom is -0.342 e. The molecule has 2 aromatic rings. The molecule has 0 N–H and O–H groups in total. The van der Waals surface area contributed by atoms with Crippen molar-refractivity contribution in [3.05, 3.63) is 36.2 Å². The number of hydrogen-bond acceptors (Lipinski definition) is 5. The van der Waals surface area contributed by atoms with E-state index in [-0.39, 0.29) is 5.91 Å². The lowest BCUT2D eigenvalue weighted by Gasteiger charge is -2.19. The quantitative estimate of drug-likeness (QED) is 0.811. The fourth-order valence-electron chi connectivity index (χ4n) is 3.76. The molecular formula is C16H20N6O. The van der Waals surface area contributed by atoms with Crippen LogP contribution in [0.15, 0.2) is 30.6 Å². The average molecular weight is 312 g/mol. The van der Waals surface area contributed by atoms with Crippen molar-refractivity contribution >= 4 is 5.91 Å². The molecule has 7 heteroatoms. The van der Waals surface area contributed by atoms with Gasteiger partial charge in [0.15, 0.2) is 0 Å². The topological polar surface area (TPSA) is 67.2 Å². The molecule has 2 fully saturated rings. The van der Waals surface area contributed by atoms with Gasteiger partial charge in [0.05, 0.1) is 12.1 Å². The molecule has 1 amide bonds.